The van der Waals surface area contributed by atoms with Crippen LogP contribution in [-0.2, 0) is 14.8 Å². The number of aryl methyl sites for hydroxylation is 1. The molecule has 3 aromatic rings. The Morgan fingerprint density at radius 2 is 1.68 bits per heavy atom. The van der Waals surface area contributed by atoms with Gasteiger partial charge in [-0.25, -0.2) is 8.42 Å². The van der Waals surface area contributed by atoms with E-state index in [-0.39, 0.29) is 17.5 Å². The van der Waals surface area contributed by atoms with Crippen molar-refractivity contribution in [2.45, 2.75) is 31.2 Å². The van der Waals surface area contributed by atoms with Crippen LogP contribution in [-0.4, -0.2) is 20.9 Å². The molecule has 0 unspecified atom stereocenters. The van der Waals surface area contributed by atoms with E-state index in [9.17, 15) is 13.2 Å². The molecular weight excluding hydrogens is 432 g/mol. The van der Waals surface area contributed by atoms with Gasteiger partial charge in [0.2, 0.25) is 5.91 Å². The number of halogens is 1. The van der Waals surface area contributed by atoms with Crippen LogP contribution in [0.3, 0.4) is 0 Å². The molecule has 0 fully saturated rings. The van der Waals surface area contributed by atoms with E-state index in [0.29, 0.717) is 17.1 Å². The quantitative estimate of drug-likeness (QED) is 0.512. The summed E-state index contributed by atoms with van der Waals surface area (Å²) in [6, 6.07) is 22.4. The molecule has 0 saturated carbocycles. The Kier molecular flexibility index (Phi) is 7.36. The number of nitrogens with one attached hydrogen (secondary N) is 1. The SMILES string of the molecule is CC[C@@H](NC(=O)CN(c1cccc(Cl)c1)S(=O)(=O)c1ccc(C)cc1)c1ccccc1. The van der Waals surface area contributed by atoms with Gasteiger partial charge in [-0.3, -0.25) is 9.10 Å². The van der Waals surface area contributed by atoms with Crippen LogP contribution in [0.15, 0.2) is 83.8 Å². The van der Waals surface area contributed by atoms with Crippen LogP contribution in [0.25, 0.3) is 0 Å². The van der Waals surface area contributed by atoms with Crippen LogP contribution in [0, 0.1) is 6.92 Å². The Balaban J connectivity index is 1.91. The van der Waals surface area contributed by atoms with E-state index < -0.39 is 15.9 Å². The number of rotatable bonds is 8. The zero-order valence-electron chi connectivity index (χ0n) is 17.5. The summed E-state index contributed by atoms with van der Waals surface area (Å²) in [5.74, 6) is -0.397. The first-order valence-electron chi connectivity index (χ1n) is 10.0. The first kappa shape index (κ1) is 22.8. The molecule has 0 aliphatic heterocycles. The predicted octanol–water partition coefficient (Wildman–Crippen LogP) is 5.11. The summed E-state index contributed by atoms with van der Waals surface area (Å²) in [5.41, 5.74) is 2.24. The van der Waals surface area contributed by atoms with Crippen molar-refractivity contribution in [2.24, 2.45) is 0 Å². The van der Waals surface area contributed by atoms with E-state index in [2.05, 4.69) is 5.32 Å². The maximum absolute atomic E-state index is 13.4. The van der Waals surface area contributed by atoms with Gasteiger partial charge in [0, 0.05) is 5.02 Å². The second kappa shape index (κ2) is 9.98. The van der Waals surface area contributed by atoms with Crippen molar-refractivity contribution in [2.75, 3.05) is 10.8 Å². The average molecular weight is 457 g/mol. The molecule has 162 valence electrons. The molecule has 0 aromatic heterocycles. The minimum absolute atomic E-state index is 0.112. The number of carbonyl (C=O) groups excluding carboxylic acids is 1. The van der Waals surface area contributed by atoms with E-state index in [1.165, 1.54) is 6.07 Å². The van der Waals surface area contributed by atoms with Crippen molar-refractivity contribution in [3.05, 3.63) is 95.0 Å². The van der Waals surface area contributed by atoms with Gasteiger partial charge < -0.3 is 5.32 Å². The summed E-state index contributed by atoms with van der Waals surface area (Å²) in [7, 11) is -3.98. The highest BCUT2D eigenvalue weighted by Crippen LogP contribution is 2.26. The highest BCUT2D eigenvalue weighted by molar-refractivity contribution is 7.92. The minimum Gasteiger partial charge on any atom is -0.348 e. The van der Waals surface area contributed by atoms with Gasteiger partial charge in [-0.1, -0.05) is 72.6 Å². The number of amides is 1. The van der Waals surface area contributed by atoms with Gasteiger partial charge >= 0.3 is 0 Å². The molecule has 0 bridgehead atoms. The Morgan fingerprint density at radius 1 is 1.00 bits per heavy atom. The fourth-order valence-electron chi connectivity index (χ4n) is 3.26. The summed E-state index contributed by atoms with van der Waals surface area (Å²) in [6.45, 7) is 3.49. The lowest BCUT2D eigenvalue weighted by atomic mass is 10.0. The zero-order chi connectivity index (χ0) is 22.4. The van der Waals surface area contributed by atoms with Crippen LogP contribution in [0.2, 0.25) is 5.02 Å². The molecule has 5 nitrogen and oxygen atoms in total. The van der Waals surface area contributed by atoms with Crippen molar-refractivity contribution in [3.8, 4) is 0 Å². The molecule has 0 spiro atoms. The summed E-state index contributed by atoms with van der Waals surface area (Å²) < 4.78 is 27.9. The summed E-state index contributed by atoms with van der Waals surface area (Å²) >= 11 is 6.11. The van der Waals surface area contributed by atoms with Gasteiger partial charge in [0.1, 0.15) is 6.54 Å². The molecule has 0 radical (unpaired) electrons. The number of nitrogens with zero attached hydrogens (tertiary/aromatic N) is 1. The average Bonchev–Trinajstić information content (AvgIpc) is 2.76. The Bertz CT molecular complexity index is 1130. The van der Waals surface area contributed by atoms with Gasteiger partial charge in [-0.15, -0.1) is 0 Å². The lowest BCUT2D eigenvalue weighted by Crippen LogP contribution is -2.42. The van der Waals surface area contributed by atoms with E-state index in [4.69, 9.17) is 11.6 Å². The highest BCUT2D eigenvalue weighted by Gasteiger charge is 2.28. The van der Waals surface area contributed by atoms with Crippen LogP contribution >= 0.6 is 11.6 Å². The van der Waals surface area contributed by atoms with Crippen molar-refractivity contribution < 1.29 is 13.2 Å². The monoisotopic (exact) mass is 456 g/mol. The van der Waals surface area contributed by atoms with Gasteiger partial charge in [-0.05, 0) is 49.2 Å². The van der Waals surface area contributed by atoms with Crippen molar-refractivity contribution in [1.29, 1.82) is 0 Å². The van der Waals surface area contributed by atoms with Crippen molar-refractivity contribution in [1.82, 2.24) is 5.32 Å². The number of hydrogen-bond donors (Lipinski definition) is 1. The Morgan fingerprint density at radius 3 is 2.29 bits per heavy atom. The first-order chi connectivity index (χ1) is 14.8. The maximum Gasteiger partial charge on any atom is 0.264 e. The van der Waals surface area contributed by atoms with E-state index in [0.717, 1.165) is 15.4 Å². The van der Waals surface area contributed by atoms with Gasteiger partial charge in [0.15, 0.2) is 0 Å². The molecule has 3 rings (SSSR count). The minimum atomic E-state index is -3.98. The van der Waals surface area contributed by atoms with E-state index >= 15 is 0 Å². The first-order valence-corrected chi connectivity index (χ1v) is 11.8. The third-order valence-electron chi connectivity index (χ3n) is 4.94. The second-order valence-electron chi connectivity index (χ2n) is 7.24. The smallest absolute Gasteiger partial charge is 0.264 e. The third-order valence-corrected chi connectivity index (χ3v) is 6.96. The summed E-state index contributed by atoms with van der Waals surface area (Å²) in [4.78, 5) is 13.0. The lowest BCUT2D eigenvalue weighted by molar-refractivity contribution is -0.120. The Labute approximate surface area is 188 Å². The molecule has 0 aliphatic rings. The van der Waals surface area contributed by atoms with Crippen LogP contribution < -0.4 is 9.62 Å². The van der Waals surface area contributed by atoms with Gasteiger partial charge in [0.25, 0.3) is 10.0 Å². The molecule has 0 heterocycles. The van der Waals surface area contributed by atoms with E-state index in [1.54, 1.807) is 42.5 Å². The van der Waals surface area contributed by atoms with Crippen LogP contribution in [0.1, 0.15) is 30.5 Å². The van der Waals surface area contributed by atoms with Crippen LogP contribution in [0.5, 0.6) is 0 Å². The molecule has 1 amide bonds. The summed E-state index contributed by atoms with van der Waals surface area (Å²) in [5, 5.41) is 3.34. The fourth-order valence-corrected chi connectivity index (χ4v) is 4.86. The topological polar surface area (TPSA) is 66.5 Å². The molecule has 1 N–H and O–H groups in total. The highest BCUT2D eigenvalue weighted by atomic mass is 35.5. The number of benzene rings is 3. The molecule has 1 atom stereocenters. The number of anilines is 1. The Hall–Kier alpha value is -2.83. The van der Waals surface area contributed by atoms with Crippen molar-refractivity contribution >= 4 is 33.2 Å². The zero-order valence-corrected chi connectivity index (χ0v) is 19.0. The van der Waals surface area contributed by atoms with Gasteiger partial charge in [0.05, 0.1) is 16.6 Å². The van der Waals surface area contributed by atoms with E-state index in [1.807, 2.05) is 44.2 Å². The van der Waals surface area contributed by atoms with Crippen molar-refractivity contribution in [3.63, 3.8) is 0 Å². The second-order valence-corrected chi connectivity index (χ2v) is 9.54. The normalized spacial score (nSPS) is 12.2. The fraction of sp³-hybridized carbons (Fsp3) is 0.208. The maximum atomic E-state index is 13.4. The number of sulfonamides is 1. The lowest BCUT2D eigenvalue weighted by Gasteiger charge is -2.26. The molecule has 0 saturated heterocycles. The molecule has 7 heteroatoms. The van der Waals surface area contributed by atoms with Crippen LogP contribution in [0.4, 0.5) is 5.69 Å². The molecular formula is C24H25ClN2O3S. The molecule has 31 heavy (non-hydrogen) atoms. The largest absolute Gasteiger partial charge is 0.348 e. The summed E-state index contributed by atoms with van der Waals surface area (Å²) in [6.07, 6.45) is 0.678. The van der Waals surface area contributed by atoms with Gasteiger partial charge in [-0.2, -0.15) is 0 Å². The molecule has 0 aliphatic carbocycles. The third kappa shape index (κ3) is 5.66. The molecule has 3 aromatic carbocycles. The predicted molar refractivity (Wildman–Crippen MR) is 125 cm³/mol. The number of hydrogen-bond acceptors (Lipinski definition) is 3. The number of carbonyl (C=O) groups is 1. The standard InChI is InChI=1S/C24H25ClN2O3S/c1-3-23(19-8-5-4-6-9-19)26-24(28)17-27(21-11-7-10-20(25)16-21)31(29,30)22-14-12-18(2)13-15-22/h4-16,23H,3,17H2,1-2H3,(H,26,28)/t23-/m1/s1.